The Labute approximate surface area is 132 Å². The van der Waals surface area contributed by atoms with Gasteiger partial charge in [0.2, 0.25) is 10.0 Å². The van der Waals surface area contributed by atoms with Crippen LogP contribution in [-0.4, -0.2) is 60.3 Å². The molecule has 1 fully saturated rings. The second kappa shape index (κ2) is 6.15. The van der Waals surface area contributed by atoms with E-state index >= 15 is 0 Å². The third-order valence-corrected chi connectivity index (χ3v) is 4.56. The number of amides is 1. The van der Waals surface area contributed by atoms with Crippen LogP contribution >= 0.6 is 0 Å². The summed E-state index contributed by atoms with van der Waals surface area (Å²) in [6.07, 6.45) is -3.71. The molecule has 9 nitrogen and oxygen atoms in total. The first kappa shape index (κ1) is 17.8. The molecule has 1 aromatic carbocycles. The van der Waals surface area contributed by atoms with Crippen molar-refractivity contribution in [2.45, 2.75) is 35.9 Å². The Morgan fingerprint density at radius 1 is 1.35 bits per heavy atom. The average Bonchev–Trinajstić information content (AvgIpc) is 2.49. The lowest BCUT2D eigenvalue weighted by Crippen LogP contribution is -2.68. The Balaban J connectivity index is 2.15. The summed E-state index contributed by atoms with van der Waals surface area (Å²) in [4.78, 5) is 11.9. The molecule has 4 atom stereocenters. The lowest BCUT2D eigenvalue weighted by Gasteiger charge is -2.42. The van der Waals surface area contributed by atoms with Gasteiger partial charge in [0, 0.05) is 5.56 Å². The van der Waals surface area contributed by atoms with Crippen LogP contribution in [0, 0.1) is 0 Å². The number of hydrogen-bond acceptors (Lipinski definition) is 7. The van der Waals surface area contributed by atoms with Crippen molar-refractivity contribution >= 4 is 15.9 Å². The highest BCUT2D eigenvalue weighted by Crippen LogP contribution is 2.22. The van der Waals surface area contributed by atoms with Gasteiger partial charge in [0.1, 0.15) is 12.2 Å². The standard InChI is InChI=1S/C13H18N2O7S/c1-7-10(16)11(17)13(19,6-22-7)15-12(18)8-2-4-9(5-3-8)23(14,20)21/h2-5,7,10-11,16-17,19H,6H2,1H3,(H,15,18)(H2,14,20,21)/t7-,10-,11+,13-/m0/s1. The Morgan fingerprint density at radius 3 is 2.43 bits per heavy atom. The molecule has 1 aliphatic rings. The molecule has 0 saturated carbocycles. The molecule has 0 bridgehead atoms. The zero-order valence-corrected chi connectivity index (χ0v) is 13.0. The summed E-state index contributed by atoms with van der Waals surface area (Å²) in [7, 11) is -3.88. The van der Waals surface area contributed by atoms with E-state index in [0.717, 1.165) is 12.1 Å². The third-order valence-electron chi connectivity index (χ3n) is 3.64. The summed E-state index contributed by atoms with van der Waals surface area (Å²) < 4.78 is 27.4. The van der Waals surface area contributed by atoms with Gasteiger partial charge < -0.3 is 25.4 Å². The van der Waals surface area contributed by atoms with Crippen LogP contribution in [0.5, 0.6) is 0 Å². The van der Waals surface area contributed by atoms with E-state index in [1.165, 1.54) is 19.1 Å². The summed E-state index contributed by atoms with van der Waals surface area (Å²) in [5.41, 5.74) is -2.13. The van der Waals surface area contributed by atoms with Gasteiger partial charge in [-0.05, 0) is 31.2 Å². The number of aliphatic hydroxyl groups is 3. The van der Waals surface area contributed by atoms with Gasteiger partial charge >= 0.3 is 0 Å². The van der Waals surface area contributed by atoms with Crippen LogP contribution in [-0.2, 0) is 14.8 Å². The van der Waals surface area contributed by atoms with Crippen LogP contribution in [0.1, 0.15) is 17.3 Å². The number of carbonyl (C=O) groups is 1. The van der Waals surface area contributed by atoms with Crippen LogP contribution in [0.15, 0.2) is 29.2 Å². The summed E-state index contributed by atoms with van der Waals surface area (Å²) in [5.74, 6) is -0.780. The van der Waals surface area contributed by atoms with Gasteiger partial charge in [0.05, 0.1) is 17.6 Å². The Kier molecular flexibility index (Phi) is 4.76. The molecule has 0 aromatic heterocycles. The molecule has 1 amide bonds. The van der Waals surface area contributed by atoms with Crippen molar-refractivity contribution in [2.24, 2.45) is 5.14 Å². The molecule has 0 spiro atoms. The van der Waals surface area contributed by atoms with Crippen LogP contribution in [0.4, 0.5) is 0 Å². The molecular formula is C13H18N2O7S. The predicted molar refractivity (Wildman–Crippen MR) is 77.7 cm³/mol. The number of nitrogens with one attached hydrogen (secondary N) is 1. The van der Waals surface area contributed by atoms with Crippen molar-refractivity contribution in [2.75, 3.05) is 6.61 Å². The van der Waals surface area contributed by atoms with Gasteiger partial charge in [-0.25, -0.2) is 13.6 Å². The highest BCUT2D eigenvalue weighted by Gasteiger charge is 2.48. The smallest absolute Gasteiger partial charge is 0.253 e. The van der Waals surface area contributed by atoms with Crippen molar-refractivity contribution in [3.63, 3.8) is 0 Å². The number of sulfonamides is 1. The number of primary sulfonamides is 1. The molecule has 1 aromatic rings. The maximum absolute atomic E-state index is 12.1. The molecule has 6 N–H and O–H groups in total. The van der Waals surface area contributed by atoms with E-state index in [2.05, 4.69) is 5.32 Å². The lowest BCUT2D eigenvalue weighted by atomic mass is 9.95. The second-order valence-corrected chi connectivity index (χ2v) is 6.96. The molecular weight excluding hydrogens is 328 g/mol. The minimum atomic E-state index is -3.88. The molecule has 0 aliphatic carbocycles. The van der Waals surface area contributed by atoms with E-state index in [-0.39, 0.29) is 10.5 Å². The van der Waals surface area contributed by atoms with Gasteiger partial charge in [-0.3, -0.25) is 4.79 Å². The fraction of sp³-hybridized carbons (Fsp3) is 0.462. The predicted octanol–water partition coefficient (Wildman–Crippen LogP) is -2.11. The third kappa shape index (κ3) is 3.68. The van der Waals surface area contributed by atoms with E-state index in [4.69, 9.17) is 9.88 Å². The van der Waals surface area contributed by atoms with Gasteiger partial charge in [0.15, 0.2) is 5.72 Å². The fourth-order valence-electron chi connectivity index (χ4n) is 2.16. The number of hydrogen-bond donors (Lipinski definition) is 5. The number of carbonyl (C=O) groups excluding carboxylic acids is 1. The van der Waals surface area contributed by atoms with Crippen molar-refractivity contribution < 1.29 is 33.3 Å². The van der Waals surface area contributed by atoms with E-state index in [1.807, 2.05) is 0 Å². The molecule has 23 heavy (non-hydrogen) atoms. The number of nitrogens with two attached hydrogens (primary N) is 1. The molecule has 0 radical (unpaired) electrons. The van der Waals surface area contributed by atoms with Crippen molar-refractivity contribution in [3.8, 4) is 0 Å². The molecule has 128 valence electrons. The van der Waals surface area contributed by atoms with Crippen molar-refractivity contribution in [3.05, 3.63) is 29.8 Å². The average molecular weight is 346 g/mol. The fourth-order valence-corrected chi connectivity index (χ4v) is 2.67. The topological polar surface area (TPSA) is 159 Å². The SMILES string of the molecule is C[C@@H]1OC[C@@](O)(NC(=O)c2ccc(S(N)(=O)=O)cc2)[C@H](O)[C@H]1O. The van der Waals surface area contributed by atoms with Gasteiger partial charge in [-0.1, -0.05) is 0 Å². The largest absolute Gasteiger partial charge is 0.388 e. The zero-order valence-electron chi connectivity index (χ0n) is 12.2. The summed E-state index contributed by atoms with van der Waals surface area (Å²) in [5, 5.41) is 37.0. The van der Waals surface area contributed by atoms with Crippen molar-refractivity contribution in [1.82, 2.24) is 5.32 Å². The molecule has 2 rings (SSSR count). The van der Waals surface area contributed by atoms with Crippen LogP contribution in [0.2, 0.25) is 0 Å². The normalized spacial score (nSPS) is 31.6. The number of rotatable bonds is 3. The van der Waals surface area contributed by atoms with Gasteiger partial charge in [-0.15, -0.1) is 0 Å². The van der Waals surface area contributed by atoms with E-state index in [9.17, 15) is 28.5 Å². The lowest BCUT2D eigenvalue weighted by molar-refractivity contribution is -0.237. The van der Waals surface area contributed by atoms with E-state index < -0.39 is 46.6 Å². The number of aliphatic hydroxyl groups excluding tert-OH is 2. The van der Waals surface area contributed by atoms with Crippen LogP contribution < -0.4 is 10.5 Å². The molecule has 1 saturated heterocycles. The minimum absolute atomic E-state index is 0.0335. The Bertz CT molecular complexity index is 691. The molecule has 0 unspecified atom stereocenters. The first-order valence-electron chi connectivity index (χ1n) is 6.70. The molecule has 1 aliphatic heterocycles. The van der Waals surface area contributed by atoms with Gasteiger partial charge in [0.25, 0.3) is 5.91 Å². The first-order chi connectivity index (χ1) is 10.5. The highest BCUT2D eigenvalue weighted by molar-refractivity contribution is 7.89. The summed E-state index contributed by atoms with van der Waals surface area (Å²) in [6.45, 7) is 1.11. The maximum atomic E-state index is 12.1. The first-order valence-corrected chi connectivity index (χ1v) is 8.25. The highest BCUT2D eigenvalue weighted by atomic mass is 32.2. The maximum Gasteiger partial charge on any atom is 0.253 e. The Hall–Kier alpha value is -1.56. The summed E-state index contributed by atoms with van der Waals surface area (Å²) in [6, 6.07) is 4.68. The van der Waals surface area contributed by atoms with Crippen molar-refractivity contribution in [1.29, 1.82) is 0 Å². The van der Waals surface area contributed by atoms with Crippen LogP contribution in [0.25, 0.3) is 0 Å². The zero-order chi connectivity index (χ0) is 17.4. The van der Waals surface area contributed by atoms with E-state index in [0.29, 0.717) is 0 Å². The number of benzene rings is 1. The Morgan fingerprint density at radius 2 is 1.91 bits per heavy atom. The minimum Gasteiger partial charge on any atom is -0.388 e. The second-order valence-electron chi connectivity index (χ2n) is 5.40. The molecule has 10 heteroatoms. The monoisotopic (exact) mass is 346 g/mol. The van der Waals surface area contributed by atoms with Gasteiger partial charge in [-0.2, -0.15) is 0 Å². The quantitative estimate of drug-likeness (QED) is 0.392. The molecule has 1 heterocycles. The number of ether oxygens (including phenoxy) is 1. The summed E-state index contributed by atoms with van der Waals surface area (Å²) >= 11 is 0. The van der Waals surface area contributed by atoms with Crippen LogP contribution in [0.3, 0.4) is 0 Å². The van der Waals surface area contributed by atoms with E-state index in [1.54, 1.807) is 0 Å².